The van der Waals surface area contributed by atoms with Crippen molar-refractivity contribution < 1.29 is 4.79 Å². The van der Waals surface area contributed by atoms with E-state index < -0.39 is 0 Å². The van der Waals surface area contributed by atoms with Crippen molar-refractivity contribution in [3.8, 4) is 0 Å². The van der Waals surface area contributed by atoms with Gasteiger partial charge in [-0.2, -0.15) is 0 Å². The van der Waals surface area contributed by atoms with Crippen LogP contribution in [0.4, 0.5) is 0 Å². The molecule has 2 nitrogen and oxygen atoms in total. The van der Waals surface area contributed by atoms with Gasteiger partial charge in [-0.1, -0.05) is 0 Å². The third-order valence-electron chi connectivity index (χ3n) is 2.46. The SMILES string of the molecule is Cc1cc2c(s1)SCC(CN(C)C)C2=O.Cl. The van der Waals surface area contributed by atoms with Crippen LogP contribution >= 0.6 is 35.5 Å². The van der Waals surface area contributed by atoms with Crippen molar-refractivity contribution in [1.29, 1.82) is 0 Å². The molecule has 0 saturated carbocycles. The summed E-state index contributed by atoms with van der Waals surface area (Å²) in [6.07, 6.45) is 0. The van der Waals surface area contributed by atoms with E-state index >= 15 is 0 Å². The molecule has 0 N–H and O–H groups in total. The zero-order chi connectivity index (χ0) is 11.0. The first-order valence-corrected chi connectivity index (χ1v) is 6.80. The predicted molar refractivity (Wildman–Crippen MR) is 73.4 cm³/mol. The second kappa shape index (κ2) is 5.54. The Morgan fingerprint density at radius 2 is 2.19 bits per heavy atom. The minimum atomic E-state index is 0. The molecule has 16 heavy (non-hydrogen) atoms. The zero-order valence-corrected chi connectivity index (χ0v) is 12.1. The molecule has 0 spiro atoms. The fraction of sp³-hybridized carbons (Fsp3) is 0.545. The lowest BCUT2D eigenvalue weighted by atomic mass is 10.0. The second-order valence-electron chi connectivity index (χ2n) is 4.19. The Balaban J connectivity index is 0.00000128. The zero-order valence-electron chi connectivity index (χ0n) is 9.65. The number of carbonyl (C=O) groups excluding carboxylic acids is 1. The summed E-state index contributed by atoms with van der Waals surface area (Å²) in [6.45, 7) is 2.93. The van der Waals surface area contributed by atoms with Crippen LogP contribution in [0.15, 0.2) is 10.3 Å². The summed E-state index contributed by atoms with van der Waals surface area (Å²) in [5.74, 6) is 1.44. The van der Waals surface area contributed by atoms with Gasteiger partial charge in [0.1, 0.15) is 0 Å². The van der Waals surface area contributed by atoms with Gasteiger partial charge >= 0.3 is 0 Å². The van der Waals surface area contributed by atoms with Crippen LogP contribution in [-0.4, -0.2) is 37.1 Å². The molecule has 0 fully saturated rings. The molecule has 1 aromatic heterocycles. The fourth-order valence-electron chi connectivity index (χ4n) is 1.82. The number of ketones is 1. The molecule has 1 aliphatic heterocycles. The molecule has 0 radical (unpaired) electrons. The number of hydrogen-bond donors (Lipinski definition) is 0. The summed E-state index contributed by atoms with van der Waals surface area (Å²) in [4.78, 5) is 15.5. The van der Waals surface area contributed by atoms with Crippen LogP contribution < -0.4 is 0 Å². The molecule has 2 heterocycles. The smallest absolute Gasteiger partial charge is 0.170 e. The molecule has 0 aromatic carbocycles. The van der Waals surface area contributed by atoms with Gasteiger partial charge in [0, 0.05) is 28.7 Å². The number of hydrogen-bond acceptors (Lipinski definition) is 4. The van der Waals surface area contributed by atoms with Crippen molar-refractivity contribution in [2.24, 2.45) is 5.92 Å². The number of halogens is 1. The monoisotopic (exact) mass is 277 g/mol. The van der Waals surface area contributed by atoms with Gasteiger partial charge in [-0.25, -0.2) is 0 Å². The van der Waals surface area contributed by atoms with Gasteiger partial charge in [-0.15, -0.1) is 35.5 Å². The topological polar surface area (TPSA) is 20.3 Å². The Bertz CT molecular complexity index is 389. The lowest BCUT2D eigenvalue weighted by Gasteiger charge is -2.23. The van der Waals surface area contributed by atoms with Gasteiger partial charge in [0.2, 0.25) is 0 Å². The van der Waals surface area contributed by atoms with Crippen LogP contribution in [0.5, 0.6) is 0 Å². The highest BCUT2D eigenvalue weighted by Gasteiger charge is 2.29. The van der Waals surface area contributed by atoms with Gasteiger partial charge in [-0.05, 0) is 27.1 Å². The second-order valence-corrected chi connectivity index (χ2v) is 6.74. The average Bonchev–Trinajstić information content (AvgIpc) is 2.51. The van der Waals surface area contributed by atoms with Crippen LogP contribution in [-0.2, 0) is 0 Å². The first-order valence-electron chi connectivity index (χ1n) is 5.00. The maximum atomic E-state index is 12.1. The lowest BCUT2D eigenvalue weighted by Crippen LogP contribution is -2.31. The molecule has 1 aromatic rings. The minimum Gasteiger partial charge on any atom is -0.309 e. The number of thioether (sulfide) groups is 1. The molecule has 1 unspecified atom stereocenters. The van der Waals surface area contributed by atoms with E-state index in [0.717, 1.165) is 17.9 Å². The van der Waals surface area contributed by atoms with E-state index in [-0.39, 0.29) is 18.3 Å². The van der Waals surface area contributed by atoms with Crippen molar-refractivity contribution in [3.63, 3.8) is 0 Å². The summed E-state index contributed by atoms with van der Waals surface area (Å²) in [5, 5.41) is 0. The van der Waals surface area contributed by atoms with Gasteiger partial charge in [-0.3, -0.25) is 4.79 Å². The highest BCUT2D eigenvalue weighted by atomic mass is 35.5. The summed E-state index contributed by atoms with van der Waals surface area (Å²) >= 11 is 3.58. The maximum Gasteiger partial charge on any atom is 0.170 e. The normalized spacial score (nSPS) is 19.5. The summed E-state index contributed by atoms with van der Waals surface area (Å²) < 4.78 is 1.22. The quantitative estimate of drug-likeness (QED) is 0.829. The van der Waals surface area contributed by atoms with Gasteiger partial charge in [0.25, 0.3) is 0 Å². The van der Waals surface area contributed by atoms with Crippen LogP contribution in [0.3, 0.4) is 0 Å². The summed E-state index contributed by atoms with van der Waals surface area (Å²) in [5.41, 5.74) is 0.959. The Morgan fingerprint density at radius 1 is 1.50 bits per heavy atom. The van der Waals surface area contributed by atoms with E-state index in [1.165, 1.54) is 9.09 Å². The summed E-state index contributed by atoms with van der Waals surface area (Å²) in [6, 6.07) is 2.04. The lowest BCUT2D eigenvalue weighted by molar-refractivity contribution is 0.0908. The summed E-state index contributed by atoms with van der Waals surface area (Å²) in [7, 11) is 4.04. The number of carbonyl (C=O) groups is 1. The first-order chi connectivity index (χ1) is 7.08. The van der Waals surface area contributed by atoms with E-state index in [2.05, 4.69) is 11.8 Å². The maximum absolute atomic E-state index is 12.1. The van der Waals surface area contributed by atoms with E-state index in [4.69, 9.17) is 0 Å². The van der Waals surface area contributed by atoms with Gasteiger partial charge < -0.3 is 4.90 Å². The third kappa shape index (κ3) is 2.80. The van der Waals surface area contributed by atoms with Gasteiger partial charge in [0.15, 0.2) is 5.78 Å². The van der Waals surface area contributed by atoms with E-state index in [9.17, 15) is 4.79 Å². The molecule has 1 aliphatic rings. The van der Waals surface area contributed by atoms with Crippen LogP contribution in [0.25, 0.3) is 0 Å². The molecule has 5 heteroatoms. The van der Waals surface area contributed by atoms with Crippen LogP contribution in [0.1, 0.15) is 15.2 Å². The molecule has 0 saturated heterocycles. The molecule has 0 amide bonds. The number of aryl methyl sites for hydroxylation is 1. The highest BCUT2D eigenvalue weighted by Crippen LogP contribution is 2.38. The molecule has 0 bridgehead atoms. The Morgan fingerprint density at radius 3 is 2.81 bits per heavy atom. The van der Waals surface area contributed by atoms with Crippen molar-refractivity contribution >= 4 is 41.3 Å². The largest absolute Gasteiger partial charge is 0.309 e. The Hall–Kier alpha value is -0.0300. The van der Waals surface area contributed by atoms with Crippen molar-refractivity contribution in [2.45, 2.75) is 11.1 Å². The van der Waals surface area contributed by atoms with Crippen LogP contribution in [0.2, 0.25) is 0 Å². The van der Waals surface area contributed by atoms with Gasteiger partial charge in [0.05, 0.1) is 4.21 Å². The molecular weight excluding hydrogens is 262 g/mol. The molecule has 1 atom stereocenters. The predicted octanol–water partition coefficient (Wildman–Crippen LogP) is 2.94. The average molecular weight is 278 g/mol. The fourth-order valence-corrected chi connectivity index (χ4v) is 4.32. The Labute approximate surface area is 111 Å². The number of nitrogens with zero attached hydrogens (tertiary/aromatic N) is 1. The van der Waals surface area contributed by atoms with Crippen molar-refractivity contribution in [2.75, 3.05) is 26.4 Å². The molecule has 90 valence electrons. The molecule has 0 aliphatic carbocycles. The molecular formula is C11H16ClNOS2. The first kappa shape index (κ1) is 14.0. The highest BCUT2D eigenvalue weighted by molar-refractivity contribution is 8.01. The van der Waals surface area contributed by atoms with Crippen molar-refractivity contribution in [1.82, 2.24) is 4.90 Å². The molecule has 2 rings (SSSR count). The third-order valence-corrected chi connectivity index (χ3v) is 4.96. The van der Waals surface area contributed by atoms with E-state index in [0.29, 0.717) is 5.78 Å². The van der Waals surface area contributed by atoms with E-state index in [1.54, 1.807) is 11.3 Å². The number of Topliss-reactive ketones (excluding diaryl/α,β-unsaturated/α-hetero) is 1. The number of fused-ring (bicyclic) bond motifs is 1. The Kier molecular flexibility index (Phi) is 4.86. The number of thiophene rings is 1. The standard InChI is InChI=1S/C11H15NOS2.ClH/c1-7-4-9-10(13)8(5-12(2)3)6-14-11(9)15-7;/h4,8H,5-6H2,1-3H3;1H. The van der Waals surface area contributed by atoms with Crippen LogP contribution in [0, 0.1) is 12.8 Å². The minimum absolute atomic E-state index is 0. The van der Waals surface area contributed by atoms with E-state index in [1.807, 2.05) is 31.9 Å². The number of rotatable bonds is 2. The van der Waals surface area contributed by atoms with Crippen molar-refractivity contribution in [3.05, 3.63) is 16.5 Å².